The summed E-state index contributed by atoms with van der Waals surface area (Å²) >= 11 is 0. The first-order valence-electron chi connectivity index (χ1n) is 10.2. The van der Waals surface area contributed by atoms with Crippen molar-refractivity contribution in [1.29, 1.82) is 0 Å². The van der Waals surface area contributed by atoms with Crippen molar-refractivity contribution in [3.63, 3.8) is 0 Å². The minimum absolute atomic E-state index is 0. The van der Waals surface area contributed by atoms with Gasteiger partial charge in [0, 0.05) is 20.1 Å². The summed E-state index contributed by atoms with van der Waals surface area (Å²) in [5.74, 6) is 0.413. The molecule has 0 saturated heterocycles. The number of aliphatic imine (C=N–C) groups is 1. The molecule has 0 bridgehead atoms. The van der Waals surface area contributed by atoms with Crippen LogP contribution < -0.4 is 16.0 Å². The minimum Gasteiger partial charge on any atom is -0.444 e. The van der Waals surface area contributed by atoms with Gasteiger partial charge in [-0.25, -0.2) is 13.2 Å². The lowest BCUT2D eigenvalue weighted by Crippen LogP contribution is -2.57. The van der Waals surface area contributed by atoms with Gasteiger partial charge in [-0.3, -0.25) is 4.99 Å². The summed E-state index contributed by atoms with van der Waals surface area (Å²) in [6.45, 7) is 10.1. The molecule has 0 saturated carbocycles. The Bertz CT molecular complexity index is 804. The highest BCUT2D eigenvalue weighted by molar-refractivity contribution is 14.0. The van der Waals surface area contributed by atoms with E-state index < -0.39 is 27.1 Å². The third kappa shape index (κ3) is 10.5. The molecule has 0 radical (unpaired) electrons. The molecular formula is C21H37IN4O4S. The van der Waals surface area contributed by atoms with Crippen LogP contribution in [0.3, 0.4) is 0 Å². The highest BCUT2D eigenvalue weighted by atomic mass is 127. The van der Waals surface area contributed by atoms with Crippen LogP contribution >= 0.6 is 24.0 Å². The number of nitrogens with one attached hydrogen (secondary N) is 3. The second-order valence-corrected chi connectivity index (χ2v) is 10.2. The van der Waals surface area contributed by atoms with Gasteiger partial charge in [-0.1, -0.05) is 32.0 Å². The van der Waals surface area contributed by atoms with Crippen LogP contribution in [0.1, 0.15) is 47.5 Å². The third-order valence-electron chi connectivity index (χ3n) is 4.70. The molecule has 0 spiro atoms. The summed E-state index contributed by atoms with van der Waals surface area (Å²) in [4.78, 5) is 16.7. The molecule has 10 heteroatoms. The maximum atomic E-state index is 12.4. The van der Waals surface area contributed by atoms with Crippen molar-refractivity contribution in [3.05, 3.63) is 30.3 Å². The van der Waals surface area contributed by atoms with Gasteiger partial charge in [-0.15, -0.1) is 24.0 Å². The molecule has 1 amide bonds. The van der Waals surface area contributed by atoms with Crippen molar-refractivity contribution in [2.75, 3.05) is 25.9 Å². The van der Waals surface area contributed by atoms with Gasteiger partial charge in [-0.2, -0.15) is 0 Å². The fourth-order valence-electron chi connectivity index (χ4n) is 2.76. The number of nitrogens with zero attached hydrogens (tertiary/aromatic N) is 1. The maximum Gasteiger partial charge on any atom is 0.408 e. The van der Waals surface area contributed by atoms with E-state index in [1.807, 2.05) is 34.6 Å². The number of rotatable bonds is 9. The van der Waals surface area contributed by atoms with Gasteiger partial charge in [0.2, 0.25) is 0 Å². The van der Waals surface area contributed by atoms with Crippen molar-refractivity contribution in [3.8, 4) is 0 Å². The van der Waals surface area contributed by atoms with Crippen molar-refractivity contribution in [1.82, 2.24) is 16.0 Å². The second-order valence-electron chi connectivity index (χ2n) is 8.10. The van der Waals surface area contributed by atoms with Crippen LogP contribution in [0.2, 0.25) is 0 Å². The van der Waals surface area contributed by atoms with E-state index in [0.717, 1.165) is 0 Å². The van der Waals surface area contributed by atoms with Gasteiger partial charge in [0.1, 0.15) is 5.60 Å². The Labute approximate surface area is 203 Å². The lowest BCUT2D eigenvalue weighted by Gasteiger charge is -2.34. The van der Waals surface area contributed by atoms with Crippen LogP contribution in [0.25, 0.3) is 0 Å². The first-order valence-corrected chi connectivity index (χ1v) is 11.9. The Morgan fingerprint density at radius 3 is 2.13 bits per heavy atom. The predicted molar refractivity (Wildman–Crippen MR) is 136 cm³/mol. The zero-order chi connectivity index (χ0) is 22.8. The number of hydrogen-bond acceptors (Lipinski definition) is 5. The van der Waals surface area contributed by atoms with Crippen molar-refractivity contribution in [2.45, 2.75) is 63.5 Å². The summed E-state index contributed by atoms with van der Waals surface area (Å²) in [5.41, 5.74) is -1.09. The van der Waals surface area contributed by atoms with Gasteiger partial charge in [0.05, 0.1) is 16.2 Å². The molecule has 31 heavy (non-hydrogen) atoms. The maximum absolute atomic E-state index is 12.4. The summed E-state index contributed by atoms with van der Waals surface area (Å²) in [7, 11) is -1.76. The molecule has 0 heterocycles. The number of hydrogen-bond donors (Lipinski definition) is 3. The number of amides is 1. The molecule has 1 rings (SSSR count). The number of sulfone groups is 1. The largest absolute Gasteiger partial charge is 0.444 e. The number of alkyl carbamates (subject to hydrolysis) is 1. The van der Waals surface area contributed by atoms with E-state index in [4.69, 9.17) is 4.74 Å². The molecule has 0 aliphatic rings. The van der Waals surface area contributed by atoms with Crippen LogP contribution in [0.4, 0.5) is 4.79 Å². The summed E-state index contributed by atoms with van der Waals surface area (Å²) in [5, 5.41) is 9.17. The Hall–Kier alpha value is -1.56. The van der Waals surface area contributed by atoms with Crippen molar-refractivity contribution in [2.24, 2.45) is 4.99 Å². The van der Waals surface area contributed by atoms with E-state index in [1.54, 1.807) is 37.4 Å². The van der Waals surface area contributed by atoms with E-state index in [0.29, 0.717) is 30.2 Å². The Kier molecular flexibility index (Phi) is 12.4. The Balaban J connectivity index is 0.00000900. The molecule has 0 fully saturated rings. The predicted octanol–water partition coefficient (Wildman–Crippen LogP) is 3.33. The zero-order valence-corrected chi connectivity index (χ0v) is 22.5. The molecule has 3 N–H and O–H groups in total. The van der Waals surface area contributed by atoms with Gasteiger partial charge in [-0.05, 0) is 45.7 Å². The fraction of sp³-hybridized carbons (Fsp3) is 0.619. The Morgan fingerprint density at radius 1 is 1.06 bits per heavy atom. The zero-order valence-electron chi connectivity index (χ0n) is 19.3. The molecule has 178 valence electrons. The van der Waals surface area contributed by atoms with E-state index >= 15 is 0 Å². The van der Waals surface area contributed by atoms with Gasteiger partial charge < -0.3 is 20.7 Å². The standard InChI is InChI=1S/C21H36N4O4S.HI/c1-7-21(8-2,25-19(26)29-20(3,4)5)16-24-18(22-6)23-14-15-30(27,28)17-12-10-9-11-13-17;/h9-13H,7-8,14-16H2,1-6H3,(H,25,26)(H2,22,23,24);1H. The normalized spacial score (nSPS) is 12.5. The lowest BCUT2D eigenvalue weighted by molar-refractivity contribution is 0.0448. The minimum atomic E-state index is -3.37. The lowest BCUT2D eigenvalue weighted by atomic mass is 9.93. The van der Waals surface area contributed by atoms with E-state index in [1.165, 1.54) is 0 Å². The molecule has 1 aromatic rings. The fourth-order valence-corrected chi connectivity index (χ4v) is 3.94. The SMILES string of the molecule is CCC(CC)(CNC(=NC)NCCS(=O)(=O)c1ccccc1)NC(=O)OC(C)(C)C.I. The highest BCUT2D eigenvalue weighted by Gasteiger charge is 2.30. The van der Waals surface area contributed by atoms with Crippen LogP contribution in [0.5, 0.6) is 0 Å². The first-order chi connectivity index (χ1) is 14.0. The molecule has 0 aliphatic carbocycles. The van der Waals surface area contributed by atoms with Crippen LogP contribution in [0.15, 0.2) is 40.2 Å². The summed E-state index contributed by atoms with van der Waals surface area (Å²) < 4.78 is 30.2. The molecule has 0 aliphatic heterocycles. The number of ether oxygens (including phenoxy) is 1. The molecular weight excluding hydrogens is 531 g/mol. The smallest absolute Gasteiger partial charge is 0.408 e. The van der Waals surface area contributed by atoms with Crippen LogP contribution in [-0.4, -0.2) is 57.5 Å². The Morgan fingerprint density at radius 2 is 1.65 bits per heavy atom. The van der Waals surface area contributed by atoms with E-state index in [9.17, 15) is 13.2 Å². The summed E-state index contributed by atoms with van der Waals surface area (Å²) in [6.07, 6.45) is 0.912. The topological polar surface area (TPSA) is 109 Å². The van der Waals surface area contributed by atoms with Gasteiger partial charge >= 0.3 is 6.09 Å². The molecule has 8 nitrogen and oxygen atoms in total. The third-order valence-corrected chi connectivity index (χ3v) is 6.44. The molecule has 1 aromatic carbocycles. The number of carbonyl (C=O) groups excluding carboxylic acids is 1. The van der Waals surface area contributed by atoms with E-state index in [2.05, 4.69) is 20.9 Å². The first kappa shape index (κ1) is 29.4. The average Bonchev–Trinajstić information content (AvgIpc) is 2.68. The van der Waals surface area contributed by atoms with Crippen LogP contribution in [-0.2, 0) is 14.6 Å². The number of halogens is 1. The van der Waals surface area contributed by atoms with Crippen molar-refractivity contribution < 1.29 is 17.9 Å². The van der Waals surface area contributed by atoms with Crippen LogP contribution in [0, 0.1) is 0 Å². The quantitative estimate of drug-likeness (QED) is 0.240. The second kappa shape index (κ2) is 13.1. The van der Waals surface area contributed by atoms with E-state index in [-0.39, 0.29) is 36.3 Å². The number of benzene rings is 1. The average molecular weight is 569 g/mol. The molecule has 0 unspecified atom stereocenters. The van der Waals surface area contributed by atoms with Gasteiger partial charge in [0.15, 0.2) is 15.8 Å². The van der Waals surface area contributed by atoms with Crippen molar-refractivity contribution >= 4 is 45.9 Å². The highest BCUT2D eigenvalue weighted by Crippen LogP contribution is 2.16. The molecule has 0 aromatic heterocycles. The number of carbonyl (C=O) groups is 1. The monoisotopic (exact) mass is 568 g/mol. The van der Waals surface area contributed by atoms with Gasteiger partial charge in [0.25, 0.3) is 0 Å². The number of guanidine groups is 1. The molecule has 0 atom stereocenters. The summed E-state index contributed by atoms with van der Waals surface area (Å²) in [6, 6.07) is 8.35.